The Balaban J connectivity index is 3.12. The average molecular weight is 258 g/mol. The van der Waals surface area contributed by atoms with Gasteiger partial charge in [0.15, 0.2) is 0 Å². The van der Waals surface area contributed by atoms with Gasteiger partial charge in [-0.2, -0.15) is 0 Å². The molecule has 0 aromatic heterocycles. The molecule has 3 heteroatoms. The van der Waals surface area contributed by atoms with Crippen molar-refractivity contribution in [3.63, 3.8) is 0 Å². The van der Waals surface area contributed by atoms with Crippen LogP contribution in [0.5, 0.6) is 0 Å². The van der Waals surface area contributed by atoms with Crippen molar-refractivity contribution in [2.24, 2.45) is 5.73 Å². The number of benzene rings is 1. The number of hydrogen-bond donors (Lipinski definition) is 2. The predicted octanol–water partition coefficient (Wildman–Crippen LogP) is 2.31. The molecule has 0 bridgehead atoms. The minimum atomic E-state index is -0.456. The highest BCUT2D eigenvalue weighted by Gasteiger charge is 2.22. The van der Waals surface area contributed by atoms with Gasteiger partial charge in [-0.3, -0.25) is 0 Å². The zero-order valence-electron chi connectivity index (χ0n) is 8.55. The molecule has 1 atom stereocenters. The summed E-state index contributed by atoms with van der Waals surface area (Å²) in [5.41, 5.74) is 7.91. The predicted molar refractivity (Wildman–Crippen MR) is 62.1 cm³/mol. The number of nitrogens with two attached hydrogens (primary N) is 1. The van der Waals surface area contributed by atoms with Crippen LogP contribution in [0.1, 0.15) is 24.5 Å². The van der Waals surface area contributed by atoms with Gasteiger partial charge in [-0.1, -0.05) is 28.1 Å². The zero-order chi connectivity index (χ0) is 10.8. The highest BCUT2D eigenvalue weighted by Crippen LogP contribution is 2.28. The molecule has 0 fully saturated rings. The molecule has 78 valence electrons. The van der Waals surface area contributed by atoms with Crippen molar-refractivity contribution in [2.45, 2.75) is 25.8 Å². The molecule has 0 aliphatic heterocycles. The number of hydrogen-bond acceptors (Lipinski definition) is 2. The van der Waals surface area contributed by atoms with Gasteiger partial charge >= 0.3 is 0 Å². The summed E-state index contributed by atoms with van der Waals surface area (Å²) in [5, 5.41) is 8.93. The molecule has 0 amide bonds. The molecule has 14 heavy (non-hydrogen) atoms. The van der Waals surface area contributed by atoms with E-state index in [1.54, 1.807) is 0 Å². The van der Waals surface area contributed by atoms with Crippen LogP contribution in [-0.2, 0) is 5.54 Å². The van der Waals surface area contributed by atoms with Crippen molar-refractivity contribution in [3.05, 3.63) is 33.8 Å². The Labute approximate surface area is 93.3 Å². The molecule has 1 aromatic rings. The summed E-state index contributed by atoms with van der Waals surface area (Å²) in [6, 6.07) is 5.97. The molecule has 0 heterocycles. The van der Waals surface area contributed by atoms with E-state index in [0.29, 0.717) is 6.42 Å². The summed E-state index contributed by atoms with van der Waals surface area (Å²) in [5.74, 6) is 0. The van der Waals surface area contributed by atoms with E-state index < -0.39 is 5.54 Å². The fraction of sp³-hybridized carbons (Fsp3) is 0.455. The van der Waals surface area contributed by atoms with E-state index >= 15 is 0 Å². The molecule has 0 aliphatic carbocycles. The van der Waals surface area contributed by atoms with Gasteiger partial charge in [0.05, 0.1) is 0 Å². The summed E-state index contributed by atoms with van der Waals surface area (Å²) >= 11 is 3.47. The van der Waals surface area contributed by atoms with Gasteiger partial charge < -0.3 is 10.8 Å². The smallest absolute Gasteiger partial charge is 0.0451 e. The first-order valence-corrected chi connectivity index (χ1v) is 5.43. The van der Waals surface area contributed by atoms with Crippen LogP contribution in [0.3, 0.4) is 0 Å². The van der Waals surface area contributed by atoms with E-state index in [-0.39, 0.29) is 6.61 Å². The fourth-order valence-corrected chi connectivity index (χ4v) is 1.96. The summed E-state index contributed by atoms with van der Waals surface area (Å²) < 4.78 is 1.06. The molecule has 1 aromatic carbocycles. The van der Waals surface area contributed by atoms with Gasteiger partial charge in [0.2, 0.25) is 0 Å². The Morgan fingerprint density at radius 1 is 1.50 bits per heavy atom. The third-order valence-corrected chi connectivity index (χ3v) is 3.37. The maximum atomic E-state index is 8.93. The molecular weight excluding hydrogens is 242 g/mol. The van der Waals surface area contributed by atoms with E-state index in [2.05, 4.69) is 15.9 Å². The van der Waals surface area contributed by atoms with Crippen LogP contribution in [0, 0.1) is 6.92 Å². The Morgan fingerprint density at radius 2 is 2.14 bits per heavy atom. The maximum absolute atomic E-state index is 8.93. The van der Waals surface area contributed by atoms with Crippen molar-refractivity contribution >= 4 is 15.9 Å². The van der Waals surface area contributed by atoms with Crippen molar-refractivity contribution in [2.75, 3.05) is 6.61 Å². The van der Waals surface area contributed by atoms with Gasteiger partial charge in [-0.05, 0) is 37.5 Å². The topological polar surface area (TPSA) is 46.2 Å². The van der Waals surface area contributed by atoms with Crippen molar-refractivity contribution in [1.29, 1.82) is 0 Å². The maximum Gasteiger partial charge on any atom is 0.0451 e. The molecule has 1 rings (SSSR count). The minimum absolute atomic E-state index is 0.110. The largest absolute Gasteiger partial charge is 0.396 e. The summed E-state index contributed by atoms with van der Waals surface area (Å²) in [6.45, 7) is 4.08. The molecule has 2 nitrogen and oxygen atoms in total. The molecule has 0 radical (unpaired) electrons. The van der Waals surface area contributed by atoms with Crippen LogP contribution < -0.4 is 5.73 Å². The molecule has 0 saturated carbocycles. The minimum Gasteiger partial charge on any atom is -0.396 e. The Kier molecular flexibility index (Phi) is 3.70. The normalized spacial score (nSPS) is 15.2. The number of aliphatic hydroxyl groups excluding tert-OH is 1. The van der Waals surface area contributed by atoms with Crippen LogP contribution in [0.2, 0.25) is 0 Å². The average Bonchev–Trinajstić information content (AvgIpc) is 2.09. The van der Waals surface area contributed by atoms with E-state index in [9.17, 15) is 0 Å². The summed E-state index contributed by atoms with van der Waals surface area (Å²) in [4.78, 5) is 0. The van der Waals surface area contributed by atoms with E-state index in [1.165, 1.54) is 0 Å². The Hall–Kier alpha value is -0.380. The van der Waals surface area contributed by atoms with Crippen molar-refractivity contribution < 1.29 is 5.11 Å². The molecule has 0 unspecified atom stereocenters. The first-order valence-electron chi connectivity index (χ1n) is 4.64. The van der Waals surface area contributed by atoms with Gasteiger partial charge in [-0.25, -0.2) is 0 Å². The highest BCUT2D eigenvalue weighted by atomic mass is 79.9. The molecule has 0 saturated heterocycles. The van der Waals surface area contributed by atoms with E-state index in [0.717, 1.165) is 15.6 Å². The van der Waals surface area contributed by atoms with Crippen molar-refractivity contribution in [1.82, 2.24) is 0 Å². The lowest BCUT2D eigenvalue weighted by Gasteiger charge is -2.26. The van der Waals surface area contributed by atoms with E-state index in [4.69, 9.17) is 10.8 Å². The standard InChI is InChI=1S/C11H16BrNO/c1-8-9(4-3-5-10(8)12)11(2,13)6-7-14/h3-5,14H,6-7,13H2,1-2H3/t11-/m0/s1. The van der Waals surface area contributed by atoms with Crippen molar-refractivity contribution in [3.8, 4) is 0 Å². The number of rotatable bonds is 3. The van der Waals surface area contributed by atoms with E-state index in [1.807, 2.05) is 32.0 Å². The lowest BCUT2D eigenvalue weighted by Crippen LogP contribution is -2.34. The van der Waals surface area contributed by atoms with Crippen LogP contribution in [0.15, 0.2) is 22.7 Å². The number of halogens is 1. The second-order valence-corrected chi connectivity index (χ2v) is 4.66. The first-order chi connectivity index (χ1) is 6.49. The first kappa shape index (κ1) is 11.7. The van der Waals surface area contributed by atoms with Gasteiger partial charge in [0.1, 0.15) is 0 Å². The monoisotopic (exact) mass is 257 g/mol. The van der Waals surface area contributed by atoms with Crippen LogP contribution in [0.4, 0.5) is 0 Å². The highest BCUT2D eigenvalue weighted by molar-refractivity contribution is 9.10. The third kappa shape index (κ3) is 2.35. The Morgan fingerprint density at radius 3 is 2.71 bits per heavy atom. The molecular formula is C11H16BrNO. The molecule has 0 aliphatic rings. The van der Waals surface area contributed by atoms with Gasteiger partial charge in [0, 0.05) is 16.6 Å². The van der Waals surface area contributed by atoms with Crippen LogP contribution in [-0.4, -0.2) is 11.7 Å². The SMILES string of the molecule is Cc1c(Br)cccc1[C@@](C)(N)CCO. The van der Waals surface area contributed by atoms with Crippen LogP contribution >= 0.6 is 15.9 Å². The zero-order valence-corrected chi connectivity index (χ0v) is 10.1. The van der Waals surface area contributed by atoms with Gasteiger partial charge in [-0.15, -0.1) is 0 Å². The second-order valence-electron chi connectivity index (χ2n) is 3.80. The quantitative estimate of drug-likeness (QED) is 0.873. The Bertz CT molecular complexity index is 323. The molecule has 0 spiro atoms. The van der Waals surface area contributed by atoms with Crippen LogP contribution in [0.25, 0.3) is 0 Å². The van der Waals surface area contributed by atoms with Gasteiger partial charge in [0.25, 0.3) is 0 Å². The molecule has 3 N–H and O–H groups in total. The third-order valence-electron chi connectivity index (χ3n) is 2.51. The summed E-state index contributed by atoms with van der Waals surface area (Å²) in [6.07, 6.45) is 0.574. The number of aliphatic hydroxyl groups is 1. The second kappa shape index (κ2) is 4.43. The lowest BCUT2D eigenvalue weighted by molar-refractivity contribution is 0.247. The lowest BCUT2D eigenvalue weighted by atomic mass is 9.87. The fourth-order valence-electron chi connectivity index (χ4n) is 1.59. The summed E-state index contributed by atoms with van der Waals surface area (Å²) in [7, 11) is 0.